The number of aromatic carboxylic acids is 1. The number of hydrogen-bond donors (Lipinski definition) is 1. The van der Waals surface area contributed by atoms with E-state index in [-0.39, 0.29) is 12.4 Å². The van der Waals surface area contributed by atoms with E-state index in [4.69, 9.17) is 14.6 Å². The molecule has 1 N–H and O–H groups in total. The van der Waals surface area contributed by atoms with Crippen LogP contribution in [0.1, 0.15) is 27.0 Å². The summed E-state index contributed by atoms with van der Waals surface area (Å²) in [6.45, 7) is 2.25. The Kier molecular flexibility index (Phi) is 7.05. The number of methoxy groups -OCH3 is 1. The Morgan fingerprint density at radius 3 is 2.43 bits per heavy atom. The average Bonchev–Trinajstić information content (AvgIpc) is 2.76. The van der Waals surface area contributed by atoms with Gasteiger partial charge in [-0.3, -0.25) is 0 Å². The van der Waals surface area contributed by atoms with Gasteiger partial charge in [0.05, 0.1) is 5.56 Å². The van der Waals surface area contributed by atoms with E-state index in [1.54, 1.807) is 37.5 Å². The monoisotopic (exact) mass is 398 g/mol. The molecule has 4 heteroatoms. The first-order valence-corrected chi connectivity index (χ1v) is 9.41. The van der Waals surface area contributed by atoms with Crippen LogP contribution in [0.2, 0.25) is 0 Å². The van der Waals surface area contributed by atoms with Crippen LogP contribution in [0.4, 0.5) is 0 Å². The second-order valence-electron chi connectivity index (χ2n) is 6.65. The average molecular weight is 398 g/mol. The summed E-state index contributed by atoms with van der Waals surface area (Å²) in [6, 6.07) is 20.7. The molecule has 3 aromatic carbocycles. The Balaban J connectivity index is 1.85. The highest BCUT2D eigenvalue weighted by Gasteiger charge is 2.06. The van der Waals surface area contributed by atoms with Crippen LogP contribution in [0.3, 0.4) is 0 Å². The minimum Gasteiger partial charge on any atom is -0.478 e. The van der Waals surface area contributed by atoms with Crippen LogP contribution in [0.5, 0.6) is 5.75 Å². The van der Waals surface area contributed by atoms with E-state index in [0.29, 0.717) is 0 Å². The molecular formula is C26H22O4. The van der Waals surface area contributed by atoms with Gasteiger partial charge in [-0.05, 0) is 72.2 Å². The molecule has 30 heavy (non-hydrogen) atoms. The molecule has 3 aromatic rings. The van der Waals surface area contributed by atoms with Crippen molar-refractivity contribution >= 4 is 12.0 Å². The molecule has 150 valence electrons. The number of carboxylic acids is 1. The van der Waals surface area contributed by atoms with Crippen LogP contribution in [-0.4, -0.2) is 25.0 Å². The lowest BCUT2D eigenvalue weighted by molar-refractivity contribution is 0.0511. The van der Waals surface area contributed by atoms with Crippen molar-refractivity contribution in [1.82, 2.24) is 0 Å². The Bertz CT molecular complexity index is 1100. The summed E-state index contributed by atoms with van der Waals surface area (Å²) in [4.78, 5) is 10.9. The van der Waals surface area contributed by atoms with Crippen LogP contribution < -0.4 is 4.74 Å². The first kappa shape index (κ1) is 20.9. The van der Waals surface area contributed by atoms with Crippen LogP contribution in [0.25, 0.3) is 17.2 Å². The van der Waals surface area contributed by atoms with Crippen molar-refractivity contribution in [3.63, 3.8) is 0 Å². The largest absolute Gasteiger partial charge is 0.478 e. The maximum atomic E-state index is 10.9. The third-order valence-corrected chi connectivity index (χ3v) is 4.43. The Morgan fingerprint density at radius 1 is 1.03 bits per heavy atom. The van der Waals surface area contributed by atoms with Crippen molar-refractivity contribution in [2.45, 2.75) is 6.92 Å². The van der Waals surface area contributed by atoms with Crippen molar-refractivity contribution in [3.05, 3.63) is 95.1 Å². The van der Waals surface area contributed by atoms with E-state index in [1.165, 1.54) is 5.56 Å². The molecule has 0 saturated heterocycles. The van der Waals surface area contributed by atoms with Gasteiger partial charge in [-0.15, -0.1) is 0 Å². The quantitative estimate of drug-likeness (QED) is 0.446. The van der Waals surface area contributed by atoms with Gasteiger partial charge >= 0.3 is 5.97 Å². The van der Waals surface area contributed by atoms with Crippen LogP contribution in [-0.2, 0) is 4.74 Å². The fourth-order valence-electron chi connectivity index (χ4n) is 2.83. The number of benzene rings is 3. The van der Waals surface area contributed by atoms with E-state index in [1.807, 2.05) is 24.3 Å². The maximum absolute atomic E-state index is 10.9. The molecule has 0 aromatic heterocycles. The van der Waals surface area contributed by atoms with Crippen molar-refractivity contribution in [2.75, 3.05) is 13.9 Å². The second-order valence-corrected chi connectivity index (χ2v) is 6.65. The number of hydrogen-bond acceptors (Lipinski definition) is 3. The number of rotatable bonds is 6. The Morgan fingerprint density at radius 2 is 1.77 bits per heavy atom. The van der Waals surface area contributed by atoms with Gasteiger partial charge in [0.15, 0.2) is 6.79 Å². The molecule has 0 aliphatic carbocycles. The summed E-state index contributed by atoms with van der Waals surface area (Å²) in [5, 5.41) is 8.96. The summed E-state index contributed by atoms with van der Waals surface area (Å²) in [5.74, 6) is 5.80. The number of carbonyl (C=O) groups is 1. The lowest BCUT2D eigenvalue weighted by Gasteiger charge is -2.11. The van der Waals surface area contributed by atoms with Gasteiger partial charge < -0.3 is 14.6 Å². The molecule has 0 fully saturated rings. The zero-order valence-corrected chi connectivity index (χ0v) is 16.9. The van der Waals surface area contributed by atoms with Crippen LogP contribution >= 0.6 is 0 Å². The summed E-state index contributed by atoms with van der Waals surface area (Å²) in [7, 11) is 1.59. The minimum atomic E-state index is -0.948. The SMILES string of the molecule is COCOc1ccc(/C=C/C#Cc2ccc(C(=O)O)cc2)c(-c2ccc(C)cc2)c1. The molecule has 4 nitrogen and oxygen atoms in total. The zero-order valence-electron chi connectivity index (χ0n) is 16.9. The van der Waals surface area contributed by atoms with E-state index in [0.717, 1.165) is 28.0 Å². The summed E-state index contributed by atoms with van der Waals surface area (Å²) in [6.07, 6.45) is 3.74. The molecule has 0 amide bonds. The van der Waals surface area contributed by atoms with Crippen LogP contribution in [0.15, 0.2) is 72.8 Å². The van der Waals surface area contributed by atoms with Crippen molar-refractivity contribution in [2.24, 2.45) is 0 Å². The topological polar surface area (TPSA) is 55.8 Å². The lowest BCUT2D eigenvalue weighted by Crippen LogP contribution is -1.99. The molecule has 0 aliphatic heterocycles. The van der Waals surface area contributed by atoms with E-state index in [9.17, 15) is 4.79 Å². The first-order chi connectivity index (χ1) is 14.6. The number of carboxylic acid groups (broad SMARTS) is 1. The fourth-order valence-corrected chi connectivity index (χ4v) is 2.83. The molecule has 0 unspecified atom stereocenters. The molecule has 0 bridgehead atoms. The summed E-state index contributed by atoms with van der Waals surface area (Å²) < 4.78 is 10.6. The highest BCUT2D eigenvalue weighted by molar-refractivity contribution is 5.87. The number of ether oxygens (including phenoxy) is 2. The zero-order chi connectivity index (χ0) is 21.3. The third kappa shape index (κ3) is 5.60. The second kappa shape index (κ2) is 10.1. The standard InChI is InChI=1S/C26H22O4/c1-19-7-11-22(12-8-19)25-17-24(30-18-29-2)16-15-21(25)6-4-3-5-20-9-13-23(14-10-20)26(27)28/h4,6-17H,18H2,1-2H3,(H,27,28)/b6-4+. The highest BCUT2D eigenvalue weighted by Crippen LogP contribution is 2.29. The van der Waals surface area contributed by atoms with E-state index >= 15 is 0 Å². The fraction of sp³-hybridized carbons (Fsp3) is 0.115. The molecule has 3 rings (SSSR count). The molecule has 0 atom stereocenters. The predicted octanol–water partition coefficient (Wildman–Crippen LogP) is 5.41. The smallest absolute Gasteiger partial charge is 0.335 e. The molecule has 0 aliphatic rings. The molecular weight excluding hydrogens is 376 g/mol. The first-order valence-electron chi connectivity index (χ1n) is 9.41. The number of aryl methyl sites for hydroxylation is 1. The summed E-state index contributed by atoms with van der Waals surface area (Å²) >= 11 is 0. The minimum absolute atomic E-state index is 0.189. The van der Waals surface area contributed by atoms with Gasteiger partial charge in [-0.2, -0.15) is 0 Å². The van der Waals surface area contributed by atoms with Gasteiger partial charge in [0.2, 0.25) is 0 Å². The molecule has 0 radical (unpaired) electrons. The van der Waals surface area contributed by atoms with Crippen LogP contribution in [0, 0.1) is 18.8 Å². The van der Waals surface area contributed by atoms with Gasteiger partial charge in [-0.25, -0.2) is 4.79 Å². The summed E-state index contributed by atoms with van der Waals surface area (Å²) in [5.41, 5.74) is 5.33. The Labute approximate surface area is 176 Å². The third-order valence-electron chi connectivity index (χ3n) is 4.43. The van der Waals surface area contributed by atoms with Gasteiger partial charge in [0.25, 0.3) is 0 Å². The molecule has 0 heterocycles. The Hall–Kier alpha value is -3.81. The lowest BCUT2D eigenvalue weighted by atomic mass is 9.98. The highest BCUT2D eigenvalue weighted by atomic mass is 16.7. The van der Waals surface area contributed by atoms with Gasteiger partial charge in [-0.1, -0.05) is 47.7 Å². The molecule has 0 spiro atoms. The normalized spacial score (nSPS) is 10.5. The van der Waals surface area contributed by atoms with Crippen molar-refractivity contribution < 1.29 is 19.4 Å². The molecule has 0 saturated carbocycles. The van der Waals surface area contributed by atoms with Crippen molar-refractivity contribution in [3.8, 4) is 28.7 Å². The van der Waals surface area contributed by atoms with E-state index in [2.05, 4.69) is 43.0 Å². The van der Waals surface area contributed by atoms with E-state index < -0.39 is 5.97 Å². The van der Waals surface area contributed by atoms with Crippen molar-refractivity contribution in [1.29, 1.82) is 0 Å². The van der Waals surface area contributed by atoms with Gasteiger partial charge in [0, 0.05) is 12.7 Å². The predicted molar refractivity (Wildman–Crippen MR) is 118 cm³/mol. The maximum Gasteiger partial charge on any atom is 0.335 e. The van der Waals surface area contributed by atoms with Gasteiger partial charge in [0.1, 0.15) is 5.75 Å². The number of allylic oxidation sites excluding steroid dienone is 1.